The van der Waals surface area contributed by atoms with Crippen LogP contribution in [0.5, 0.6) is 5.75 Å². The molecule has 104 valence electrons. The summed E-state index contributed by atoms with van der Waals surface area (Å²) in [6, 6.07) is 16.3. The molecule has 0 heterocycles. The Bertz CT molecular complexity index is 546. The Labute approximate surface area is 118 Å². The zero-order valence-electron chi connectivity index (χ0n) is 11.5. The van der Waals surface area contributed by atoms with Gasteiger partial charge in [-0.25, -0.2) is 0 Å². The van der Waals surface area contributed by atoms with Crippen LogP contribution in [0.4, 0.5) is 0 Å². The molecule has 3 nitrogen and oxygen atoms in total. The number of hydrogen-bond acceptors (Lipinski definition) is 3. The molecule has 2 aromatic rings. The van der Waals surface area contributed by atoms with Crippen molar-refractivity contribution >= 4 is 5.78 Å². The van der Waals surface area contributed by atoms with E-state index in [1.54, 1.807) is 36.4 Å². The number of aliphatic hydroxyl groups is 1. The van der Waals surface area contributed by atoms with Crippen molar-refractivity contribution in [1.82, 2.24) is 0 Å². The number of benzene rings is 2. The minimum Gasteiger partial charge on any atom is -0.482 e. The zero-order valence-corrected chi connectivity index (χ0v) is 11.5. The van der Waals surface area contributed by atoms with Gasteiger partial charge in [0.25, 0.3) is 0 Å². The molecule has 0 aliphatic heterocycles. The van der Waals surface area contributed by atoms with Crippen LogP contribution >= 0.6 is 0 Å². The summed E-state index contributed by atoms with van der Waals surface area (Å²) in [6.07, 6.45) is 0.118. The molecular weight excluding hydrogens is 252 g/mol. The molecule has 20 heavy (non-hydrogen) atoms. The van der Waals surface area contributed by atoms with Crippen molar-refractivity contribution in [2.75, 3.05) is 0 Å². The first-order valence-corrected chi connectivity index (χ1v) is 6.70. The van der Waals surface area contributed by atoms with Crippen molar-refractivity contribution in [3.8, 4) is 5.75 Å². The Balaban J connectivity index is 2.10. The van der Waals surface area contributed by atoms with Gasteiger partial charge in [-0.15, -0.1) is 0 Å². The van der Waals surface area contributed by atoms with E-state index in [0.717, 1.165) is 5.56 Å². The molecule has 0 bridgehead atoms. The van der Waals surface area contributed by atoms with Gasteiger partial charge in [-0.05, 0) is 24.1 Å². The van der Waals surface area contributed by atoms with Gasteiger partial charge < -0.3 is 9.84 Å². The summed E-state index contributed by atoms with van der Waals surface area (Å²) in [7, 11) is 0. The quantitative estimate of drug-likeness (QED) is 0.820. The Morgan fingerprint density at radius 2 is 1.75 bits per heavy atom. The van der Waals surface area contributed by atoms with Gasteiger partial charge in [0.15, 0.2) is 6.10 Å². The van der Waals surface area contributed by atoms with Crippen molar-refractivity contribution < 1.29 is 14.6 Å². The van der Waals surface area contributed by atoms with E-state index in [1.807, 2.05) is 25.1 Å². The van der Waals surface area contributed by atoms with Crippen LogP contribution in [0, 0.1) is 0 Å². The standard InChI is InChI=1S/C17H18O3/c1-2-16(17(19)14-6-4-3-5-7-14)20-15-10-8-13(12-18)9-11-15/h3-11,16,18H,2,12H2,1H3. The highest BCUT2D eigenvalue weighted by molar-refractivity contribution is 5.99. The lowest BCUT2D eigenvalue weighted by Gasteiger charge is -2.16. The van der Waals surface area contributed by atoms with Crippen LogP contribution in [0.2, 0.25) is 0 Å². The first-order valence-electron chi connectivity index (χ1n) is 6.70. The zero-order chi connectivity index (χ0) is 14.4. The van der Waals surface area contributed by atoms with Gasteiger partial charge in [0.05, 0.1) is 6.61 Å². The number of ether oxygens (including phenoxy) is 1. The maximum absolute atomic E-state index is 12.3. The third kappa shape index (κ3) is 3.45. The van der Waals surface area contributed by atoms with Crippen LogP contribution in [-0.2, 0) is 6.61 Å². The highest BCUT2D eigenvalue weighted by Crippen LogP contribution is 2.17. The maximum atomic E-state index is 12.3. The van der Waals surface area contributed by atoms with E-state index < -0.39 is 6.10 Å². The van der Waals surface area contributed by atoms with Crippen molar-refractivity contribution in [1.29, 1.82) is 0 Å². The fourth-order valence-corrected chi connectivity index (χ4v) is 1.95. The van der Waals surface area contributed by atoms with Crippen LogP contribution in [0.15, 0.2) is 54.6 Å². The van der Waals surface area contributed by atoms with Gasteiger partial charge in [-0.2, -0.15) is 0 Å². The molecule has 1 atom stereocenters. The third-order valence-electron chi connectivity index (χ3n) is 3.11. The number of hydrogen-bond donors (Lipinski definition) is 1. The Kier molecular flexibility index (Phi) is 4.91. The molecule has 1 unspecified atom stereocenters. The summed E-state index contributed by atoms with van der Waals surface area (Å²) >= 11 is 0. The molecule has 3 heteroatoms. The summed E-state index contributed by atoms with van der Waals surface area (Å²) < 4.78 is 5.75. The number of rotatable bonds is 6. The van der Waals surface area contributed by atoms with Crippen molar-refractivity contribution in [2.45, 2.75) is 26.1 Å². The van der Waals surface area contributed by atoms with Gasteiger partial charge in [0.1, 0.15) is 5.75 Å². The topological polar surface area (TPSA) is 46.5 Å². The molecule has 0 saturated carbocycles. The fourth-order valence-electron chi connectivity index (χ4n) is 1.95. The van der Waals surface area contributed by atoms with Crippen LogP contribution in [0.1, 0.15) is 29.3 Å². The molecule has 0 fully saturated rings. The first kappa shape index (κ1) is 14.3. The highest BCUT2D eigenvalue weighted by Gasteiger charge is 2.19. The van der Waals surface area contributed by atoms with E-state index in [0.29, 0.717) is 17.7 Å². The lowest BCUT2D eigenvalue weighted by Crippen LogP contribution is -2.26. The molecule has 0 saturated heterocycles. The van der Waals surface area contributed by atoms with Gasteiger partial charge in [-0.3, -0.25) is 4.79 Å². The van der Waals surface area contributed by atoms with E-state index in [4.69, 9.17) is 9.84 Å². The van der Waals surface area contributed by atoms with Crippen LogP contribution in [-0.4, -0.2) is 17.0 Å². The summed E-state index contributed by atoms with van der Waals surface area (Å²) in [5.74, 6) is 0.623. The fraction of sp³-hybridized carbons (Fsp3) is 0.235. The van der Waals surface area contributed by atoms with E-state index in [1.165, 1.54) is 0 Å². The second-order valence-electron chi connectivity index (χ2n) is 4.55. The highest BCUT2D eigenvalue weighted by atomic mass is 16.5. The third-order valence-corrected chi connectivity index (χ3v) is 3.11. The predicted molar refractivity (Wildman–Crippen MR) is 77.8 cm³/mol. The molecule has 0 spiro atoms. The Hall–Kier alpha value is -2.13. The van der Waals surface area contributed by atoms with Crippen molar-refractivity contribution in [3.05, 3.63) is 65.7 Å². The van der Waals surface area contributed by atoms with Crippen LogP contribution in [0.3, 0.4) is 0 Å². The molecular formula is C17H18O3. The van der Waals surface area contributed by atoms with Crippen LogP contribution in [0.25, 0.3) is 0 Å². The molecule has 2 aromatic carbocycles. The van der Waals surface area contributed by atoms with Gasteiger partial charge >= 0.3 is 0 Å². The lowest BCUT2D eigenvalue weighted by molar-refractivity contribution is 0.0786. The first-order chi connectivity index (χ1) is 9.74. The molecule has 0 aromatic heterocycles. The van der Waals surface area contributed by atoms with E-state index in [2.05, 4.69) is 0 Å². The summed E-state index contributed by atoms with van der Waals surface area (Å²) in [4.78, 5) is 12.3. The van der Waals surface area contributed by atoms with Crippen LogP contribution < -0.4 is 4.74 Å². The van der Waals surface area contributed by atoms with Gasteiger partial charge in [0.2, 0.25) is 5.78 Å². The number of ketones is 1. The van der Waals surface area contributed by atoms with E-state index >= 15 is 0 Å². The summed E-state index contributed by atoms with van der Waals surface area (Å²) in [5.41, 5.74) is 1.48. The number of carbonyl (C=O) groups is 1. The monoisotopic (exact) mass is 270 g/mol. The molecule has 0 aliphatic rings. The van der Waals surface area contributed by atoms with Gasteiger partial charge in [-0.1, -0.05) is 49.4 Å². The molecule has 0 aliphatic carbocycles. The minimum atomic E-state index is -0.489. The average molecular weight is 270 g/mol. The average Bonchev–Trinajstić information content (AvgIpc) is 2.53. The predicted octanol–water partition coefficient (Wildman–Crippen LogP) is 3.22. The second-order valence-corrected chi connectivity index (χ2v) is 4.55. The molecule has 0 amide bonds. The largest absolute Gasteiger partial charge is 0.482 e. The van der Waals surface area contributed by atoms with Crippen molar-refractivity contribution in [2.24, 2.45) is 0 Å². The molecule has 2 rings (SSSR count). The Morgan fingerprint density at radius 1 is 1.10 bits per heavy atom. The van der Waals surface area contributed by atoms with Gasteiger partial charge in [0, 0.05) is 5.56 Å². The second kappa shape index (κ2) is 6.87. The maximum Gasteiger partial charge on any atom is 0.203 e. The smallest absolute Gasteiger partial charge is 0.203 e. The lowest BCUT2D eigenvalue weighted by atomic mass is 10.0. The normalized spacial score (nSPS) is 11.9. The number of Topliss-reactive ketones (excluding diaryl/α,β-unsaturated/α-hetero) is 1. The Morgan fingerprint density at radius 3 is 2.30 bits per heavy atom. The molecule has 1 N–H and O–H groups in total. The van der Waals surface area contributed by atoms with Crippen molar-refractivity contribution in [3.63, 3.8) is 0 Å². The number of aliphatic hydroxyl groups excluding tert-OH is 1. The number of carbonyl (C=O) groups excluding carboxylic acids is 1. The molecule has 0 radical (unpaired) electrons. The summed E-state index contributed by atoms with van der Waals surface area (Å²) in [5, 5.41) is 9.00. The van der Waals surface area contributed by atoms with E-state index in [-0.39, 0.29) is 12.4 Å². The minimum absolute atomic E-state index is 0.000429. The summed E-state index contributed by atoms with van der Waals surface area (Å²) in [6.45, 7) is 1.92. The SMILES string of the molecule is CCC(Oc1ccc(CO)cc1)C(=O)c1ccccc1. The van der Waals surface area contributed by atoms with E-state index in [9.17, 15) is 4.79 Å².